The first kappa shape index (κ1) is 14.8. The summed E-state index contributed by atoms with van der Waals surface area (Å²) in [7, 11) is 1.23. The van der Waals surface area contributed by atoms with Crippen molar-refractivity contribution in [2.45, 2.75) is 13.5 Å². The summed E-state index contributed by atoms with van der Waals surface area (Å²) in [6, 6.07) is 11.5. The maximum absolute atomic E-state index is 13.7. The summed E-state index contributed by atoms with van der Waals surface area (Å²) in [6.45, 7) is 1.87. The standard InChI is InChI=1S/C16H15FO4/c1-11-7-8-15(13(17)9-11)20-10-12-5-3-4-6-14(12)21-16(18)19-2/h3-9H,10H2,1-2H3. The summed E-state index contributed by atoms with van der Waals surface area (Å²) in [5.41, 5.74) is 1.43. The molecule has 0 unspecified atom stereocenters. The molecule has 2 aromatic rings. The van der Waals surface area contributed by atoms with Crippen LogP contribution in [0.1, 0.15) is 11.1 Å². The molecule has 0 amide bonds. The Hall–Kier alpha value is -2.56. The number of rotatable bonds is 4. The zero-order chi connectivity index (χ0) is 15.2. The molecule has 0 bridgehead atoms. The van der Waals surface area contributed by atoms with Crippen molar-refractivity contribution < 1.29 is 23.4 Å². The summed E-state index contributed by atoms with van der Waals surface area (Å²) in [6.07, 6.45) is -0.816. The Morgan fingerprint density at radius 3 is 2.62 bits per heavy atom. The first-order valence-electron chi connectivity index (χ1n) is 6.33. The summed E-state index contributed by atoms with van der Waals surface area (Å²) in [4.78, 5) is 11.2. The summed E-state index contributed by atoms with van der Waals surface area (Å²) >= 11 is 0. The second-order valence-corrected chi connectivity index (χ2v) is 4.39. The lowest BCUT2D eigenvalue weighted by Gasteiger charge is -2.11. The Labute approximate surface area is 122 Å². The summed E-state index contributed by atoms with van der Waals surface area (Å²) < 4.78 is 28.6. The van der Waals surface area contributed by atoms with Gasteiger partial charge in [-0.15, -0.1) is 0 Å². The Bertz CT molecular complexity index is 640. The molecule has 5 heteroatoms. The topological polar surface area (TPSA) is 44.8 Å². The third-order valence-corrected chi connectivity index (χ3v) is 2.80. The van der Waals surface area contributed by atoms with E-state index in [0.29, 0.717) is 11.3 Å². The number of carbonyl (C=O) groups excluding carboxylic acids is 1. The highest BCUT2D eigenvalue weighted by atomic mass is 19.1. The maximum Gasteiger partial charge on any atom is 0.513 e. The zero-order valence-electron chi connectivity index (χ0n) is 11.8. The van der Waals surface area contributed by atoms with Crippen LogP contribution in [0, 0.1) is 12.7 Å². The molecule has 110 valence electrons. The van der Waals surface area contributed by atoms with Gasteiger partial charge >= 0.3 is 6.16 Å². The van der Waals surface area contributed by atoms with Crippen molar-refractivity contribution in [1.29, 1.82) is 0 Å². The van der Waals surface area contributed by atoms with E-state index in [0.717, 1.165) is 5.56 Å². The van der Waals surface area contributed by atoms with E-state index in [2.05, 4.69) is 4.74 Å². The second kappa shape index (κ2) is 6.74. The van der Waals surface area contributed by atoms with E-state index in [1.54, 1.807) is 43.3 Å². The Balaban J connectivity index is 2.11. The van der Waals surface area contributed by atoms with Crippen molar-refractivity contribution in [3.63, 3.8) is 0 Å². The fourth-order valence-electron chi connectivity index (χ4n) is 1.73. The van der Waals surface area contributed by atoms with Crippen molar-refractivity contribution >= 4 is 6.16 Å². The minimum Gasteiger partial charge on any atom is -0.486 e. The number of para-hydroxylation sites is 1. The lowest BCUT2D eigenvalue weighted by Crippen LogP contribution is -2.09. The van der Waals surface area contributed by atoms with Crippen LogP contribution < -0.4 is 9.47 Å². The molecule has 0 aliphatic heterocycles. The van der Waals surface area contributed by atoms with Gasteiger partial charge < -0.3 is 14.2 Å². The van der Waals surface area contributed by atoms with Gasteiger partial charge in [-0.25, -0.2) is 9.18 Å². The largest absolute Gasteiger partial charge is 0.513 e. The molecular weight excluding hydrogens is 275 g/mol. The molecule has 2 aromatic carbocycles. The molecule has 0 heterocycles. The van der Waals surface area contributed by atoms with E-state index in [1.807, 2.05) is 0 Å². The number of halogens is 1. The van der Waals surface area contributed by atoms with Crippen LogP contribution in [0.3, 0.4) is 0 Å². The smallest absolute Gasteiger partial charge is 0.486 e. The minimum atomic E-state index is -0.816. The van der Waals surface area contributed by atoms with Crippen molar-refractivity contribution in [3.05, 3.63) is 59.4 Å². The predicted octanol–water partition coefficient (Wildman–Crippen LogP) is 3.86. The third-order valence-electron chi connectivity index (χ3n) is 2.80. The van der Waals surface area contributed by atoms with Crippen molar-refractivity contribution in [1.82, 2.24) is 0 Å². The van der Waals surface area contributed by atoms with Crippen molar-refractivity contribution in [2.75, 3.05) is 7.11 Å². The van der Waals surface area contributed by atoms with Crippen molar-refractivity contribution in [2.24, 2.45) is 0 Å². The van der Waals surface area contributed by atoms with Crippen LogP contribution in [0.4, 0.5) is 9.18 Å². The van der Waals surface area contributed by atoms with E-state index >= 15 is 0 Å². The van der Waals surface area contributed by atoms with E-state index < -0.39 is 12.0 Å². The quantitative estimate of drug-likeness (QED) is 0.633. The van der Waals surface area contributed by atoms with Gasteiger partial charge in [0.15, 0.2) is 11.6 Å². The van der Waals surface area contributed by atoms with E-state index in [1.165, 1.54) is 13.2 Å². The van der Waals surface area contributed by atoms with Gasteiger partial charge in [0, 0.05) is 5.56 Å². The number of methoxy groups -OCH3 is 1. The molecule has 0 aromatic heterocycles. The Kier molecular flexibility index (Phi) is 4.77. The number of benzene rings is 2. The number of ether oxygens (including phenoxy) is 3. The number of carbonyl (C=O) groups is 1. The molecule has 0 spiro atoms. The Morgan fingerprint density at radius 2 is 1.90 bits per heavy atom. The van der Waals surface area contributed by atoms with Crippen LogP contribution in [0.5, 0.6) is 11.5 Å². The van der Waals surface area contributed by atoms with E-state index in [9.17, 15) is 9.18 Å². The maximum atomic E-state index is 13.7. The average molecular weight is 290 g/mol. The van der Waals surface area contributed by atoms with Gasteiger partial charge in [-0.3, -0.25) is 0 Å². The monoisotopic (exact) mass is 290 g/mol. The first-order valence-corrected chi connectivity index (χ1v) is 6.33. The molecule has 21 heavy (non-hydrogen) atoms. The fraction of sp³-hybridized carbons (Fsp3) is 0.188. The van der Waals surface area contributed by atoms with Gasteiger partial charge in [0.2, 0.25) is 0 Å². The molecule has 0 fully saturated rings. The lowest BCUT2D eigenvalue weighted by atomic mass is 10.2. The number of aryl methyl sites for hydroxylation is 1. The molecule has 0 aliphatic rings. The molecule has 0 atom stereocenters. The van der Waals surface area contributed by atoms with Gasteiger partial charge in [0.25, 0.3) is 0 Å². The second-order valence-electron chi connectivity index (χ2n) is 4.39. The molecule has 4 nitrogen and oxygen atoms in total. The van der Waals surface area contributed by atoms with Gasteiger partial charge in [-0.1, -0.05) is 24.3 Å². The highest BCUT2D eigenvalue weighted by molar-refractivity contribution is 5.64. The van der Waals surface area contributed by atoms with Gasteiger partial charge in [0.05, 0.1) is 7.11 Å². The molecule has 0 N–H and O–H groups in total. The molecule has 0 saturated heterocycles. The Morgan fingerprint density at radius 1 is 1.14 bits per heavy atom. The molecular formula is C16H15FO4. The predicted molar refractivity (Wildman–Crippen MR) is 74.9 cm³/mol. The van der Waals surface area contributed by atoms with E-state index in [-0.39, 0.29) is 12.4 Å². The van der Waals surface area contributed by atoms with Crippen LogP contribution >= 0.6 is 0 Å². The van der Waals surface area contributed by atoms with E-state index in [4.69, 9.17) is 9.47 Å². The number of hydrogen-bond donors (Lipinski definition) is 0. The normalized spacial score (nSPS) is 10.0. The molecule has 0 radical (unpaired) electrons. The van der Waals surface area contributed by atoms with Crippen LogP contribution in [0.15, 0.2) is 42.5 Å². The van der Waals surface area contributed by atoms with Crippen LogP contribution in [-0.2, 0) is 11.3 Å². The van der Waals surface area contributed by atoms with Gasteiger partial charge in [0.1, 0.15) is 12.4 Å². The molecule has 2 rings (SSSR count). The SMILES string of the molecule is COC(=O)Oc1ccccc1COc1ccc(C)cc1F. The van der Waals surface area contributed by atoms with Crippen LogP contribution in [0.2, 0.25) is 0 Å². The van der Waals surface area contributed by atoms with Gasteiger partial charge in [-0.2, -0.15) is 0 Å². The first-order chi connectivity index (χ1) is 10.1. The third kappa shape index (κ3) is 3.95. The number of hydrogen-bond acceptors (Lipinski definition) is 4. The lowest BCUT2D eigenvalue weighted by molar-refractivity contribution is 0.120. The molecule has 0 aliphatic carbocycles. The summed E-state index contributed by atoms with van der Waals surface area (Å²) in [5.74, 6) is 0.0340. The van der Waals surface area contributed by atoms with Gasteiger partial charge in [-0.05, 0) is 30.7 Å². The van der Waals surface area contributed by atoms with Crippen molar-refractivity contribution in [3.8, 4) is 11.5 Å². The average Bonchev–Trinajstić information content (AvgIpc) is 2.47. The molecule has 0 saturated carbocycles. The summed E-state index contributed by atoms with van der Waals surface area (Å²) in [5, 5.41) is 0. The minimum absolute atomic E-state index is 0.0765. The van der Waals surface area contributed by atoms with Crippen LogP contribution in [0.25, 0.3) is 0 Å². The zero-order valence-corrected chi connectivity index (χ0v) is 11.8. The highest BCUT2D eigenvalue weighted by Crippen LogP contribution is 2.23. The highest BCUT2D eigenvalue weighted by Gasteiger charge is 2.10. The fourth-order valence-corrected chi connectivity index (χ4v) is 1.73. The van der Waals surface area contributed by atoms with Crippen LogP contribution in [-0.4, -0.2) is 13.3 Å².